The Hall–Kier alpha value is -3.41. The van der Waals surface area contributed by atoms with Crippen LogP contribution in [0.25, 0.3) is 11.6 Å². The topological polar surface area (TPSA) is 116 Å². The summed E-state index contributed by atoms with van der Waals surface area (Å²) in [4.78, 5) is 11.0. The molecule has 0 spiro atoms. The summed E-state index contributed by atoms with van der Waals surface area (Å²) >= 11 is 0. The predicted molar refractivity (Wildman–Crippen MR) is 97.3 cm³/mol. The quantitative estimate of drug-likeness (QED) is 0.452. The Balaban J connectivity index is 2.13. The molecule has 0 amide bonds. The molecular weight excluding hydrogens is 350 g/mol. The molecule has 0 unspecified atom stereocenters. The maximum atomic E-state index is 11.5. The summed E-state index contributed by atoms with van der Waals surface area (Å²) in [6.07, 6.45) is 5.36. The summed E-state index contributed by atoms with van der Waals surface area (Å²) in [5, 5.41) is 29.5. The Morgan fingerprint density at radius 1 is 1.26 bits per heavy atom. The molecule has 0 radical (unpaired) electrons. The van der Waals surface area contributed by atoms with Gasteiger partial charge in [-0.1, -0.05) is 6.42 Å². The molecule has 1 aromatic heterocycles. The summed E-state index contributed by atoms with van der Waals surface area (Å²) in [6.45, 7) is 0.727. The lowest BCUT2D eigenvalue weighted by atomic mass is 10.1. The van der Waals surface area contributed by atoms with Crippen LogP contribution in [-0.2, 0) is 13.0 Å². The fourth-order valence-electron chi connectivity index (χ4n) is 3.14. The van der Waals surface area contributed by atoms with Crippen molar-refractivity contribution in [1.82, 2.24) is 14.8 Å². The molecule has 0 saturated carbocycles. The largest absolute Gasteiger partial charge is 0.493 e. The van der Waals surface area contributed by atoms with Crippen LogP contribution in [0.4, 0.5) is 5.69 Å². The Morgan fingerprint density at radius 3 is 2.67 bits per heavy atom. The molecule has 0 N–H and O–H groups in total. The van der Waals surface area contributed by atoms with Gasteiger partial charge >= 0.3 is 0 Å². The van der Waals surface area contributed by atoms with Gasteiger partial charge < -0.3 is 14.0 Å². The number of methoxy groups -OCH3 is 2. The van der Waals surface area contributed by atoms with Crippen molar-refractivity contribution in [3.05, 3.63) is 39.5 Å². The first-order valence-electron chi connectivity index (χ1n) is 8.53. The van der Waals surface area contributed by atoms with Gasteiger partial charge in [-0.3, -0.25) is 10.1 Å². The molecule has 0 saturated heterocycles. The Labute approximate surface area is 156 Å². The summed E-state index contributed by atoms with van der Waals surface area (Å²) < 4.78 is 12.3. The van der Waals surface area contributed by atoms with Gasteiger partial charge in [-0.15, -0.1) is 10.2 Å². The number of benzene rings is 1. The van der Waals surface area contributed by atoms with E-state index in [1.54, 1.807) is 0 Å². The van der Waals surface area contributed by atoms with E-state index < -0.39 is 4.92 Å². The molecule has 0 aliphatic carbocycles. The third-order valence-corrected chi connectivity index (χ3v) is 4.50. The third-order valence-electron chi connectivity index (χ3n) is 4.50. The average Bonchev–Trinajstić information content (AvgIpc) is 2.92. The van der Waals surface area contributed by atoms with E-state index in [1.165, 1.54) is 32.4 Å². The number of hydrogen-bond donors (Lipinski definition) is 0. The van der Waals surface area contributed by atoms with Gasteiger partial charge in [-0.25, -0.2) is 0 Å². The zero-order chi connectivity index (χ0) is 19.4. The molecule has 0 fully saturated rings. The zero-order valence-electron chi connectivity index (χ0n) is 15.1. The van der Waals surface area contributed by atoms with Crippen molar-refractivity contribution < 1.29 is 14.4 Å². The number of ether oxygens (including phenoxy) is 2. The highest BCUT2D eigenvalue weighted by atomic mass is 16.6. The first-order valence-corrected chi connectivity index (χ1v) is 8.53. The van der Waals surface area contributed by atoms with Gasteiger partial charge in [0.05, 0.1) is 36.3 Å². The van der Waals surface area contributed by atoms with Crippen molar-refractivity contribution >= 4 is 17.3 Å². The van der Waals surface area contributed by atoms with Gasteiger partial charge in [0.25, 0.3) is 5.69 Å². The monoisotopic (exact) mass is 369 g/mol. The summed E-state index contributed by atoms with van der Waals surface area (Å²) in [7, 11) is 2.85. The van der Waals surface area contributed by atoms with Crippen LogP contribution in [0.3, 0.4) is 0 Å². The lowest BCUT2D eigenvalue weighted by molar-refractivity contribution is -0.385. The molecular formula is C18H19N5O4. The Morgan fingerprint density at radius 2 is 2.00 bits per heavy atom. The molecule has 1 aliphatic heterocycles. The number of fused-ring (bicyclic) bond motifs is 1. The van der Waals surface area contributed by atoms with Crippen LogP contribution in [0.2, 0.25) is 0 Å². The number of aryl methyl sites for hydroxylation is 1. The number of hydrogen-bond acceptors (Lipinski definition) is 7. The van der Waals surface area contributed by atoms with Gasteiger partial charge in [0.15, 0.2) is 17.3 Å². The van der Waals surface area contributed by atoms with Crippen molar-refractivity contribution in [3.63, 3.8) is 0 Å². The molecule has 140 valence electrons. The fourth-order valence-corrected chi connectivity index (χ4v) is 3.14. The molecule has 2 aromatic rings. The van der Waals surface area contributed by atoms with Crippen LogP contribution in [0.5, 0.6) is 11.5 Å². The van der Waals surface area contributed by atoms with Crippen LogP contribution in [-0.4, -0.2) is 33.9 Å². The van der Waals surface area contributed by atoms with E-state index in [2.05, 4.69) is 16.3 Å². The zero-order valence-corrected chi connectivity index (χ0v) is 15.1. The highest BCUT2D eigenvalue weighted by molar-refractivity contribution is 5.89. The minimum Gasteiger partial charge on any atom is -0.493 e. The second-order valence-electron chi connectivity index (χ2n) is 6.10. The third kappa shape index (κ3) is 3.60. The van der Waals surface area contributed by atoms with E-state index in [0.717, 1.165) is 38.1 Å². The van der Waals surface area contributed by atoms with E-state index in [4.69, 9.17) is 9.47 Å². The van der Waals surface area contributed by atoms with Gasteiger partial charge in [-0.05, 0) is 25.0 Å². The van der Waals surface area contributed by atoms with Crippen LogP contribution in [0.15, 0.2) is 12.1 Å². The molecule has 3 rings (SSSR count). The molecule has 9 heteroatoms. The highest BCUT2D eigenvalue weighted by Crippen LogP contribution is 2.36. The molecule has 0 bridgehead atoms. The van der Waals surface area contributed by atoms with E-state index in [0.29, 0.717) is 11.6 Å². The first-order chi connectivity index (χ1) is 13.1. The van der Waals surface area contributed by atoms with Crippen molar-refractivity contribution in [2.24, 2.45) is 0 Å². The molecule has 1 aliphatic rings. The van der Waals surface area contributed by atoms with E-state index >= 15 is 0 Å². The summed E-state index contributed by atoms with van der Waals surface area (Å²) in [6, 6.07) is 4.86. The number of nitrogens with zero attached hydrogens (tertiary/aromatic N) is 5. The Bertz CT molecular complexity index is 942. The maximum absolute atomic E-state index is 11.5. The van der Waals surface area contributed by atoms with E-state index in [1.807, 2.05) is 4.57 Å². The van der Waals surface area contributed by atoms with Crippen molar-refractivity contribution in [1.29, 1.82) is 5.26 Å². The number of allylic oxidation sites excluding steroid dienone is 1. The minimum atomic E-state index is -0.521. The standard InChI is InChI=1S/C18H19N5O4/c1-26-15-9-12(14(23(24)25)10-16(15)27-2)8-13(11-19)18-21-20-17-6-4-3-5-7-22(17)18/h8-10H,3-7H2,1-2H3/b13-8+. The van der Waals surface area contributed by atoms with Crippen LogP contribution in [0.1, 0.15) is 36.5 Å². The molecule has 0 atom stereocenters. The number of nitro groups is 1. The van der Waals surface area contributed by atoms with Crippen molar-refractivity contribution in [3.8, 4) is 17.6 Å². The van der Waals surface area contributed by atoms with E-state index in [9.17, 15) is 15.4 Å². The number of nitriles is 1. The van der Waals surface area contributed by atoms with Crippen LogP contribution >= 0.6 is 0 Å². The smallest absolute Gasteiger partial charge is 0.280 e. The van der Waals surface area contributed by atoms with Gasteiger partial charge in [0, 0.05) is 13.0 Å². The number of rotatable bonds is 5. The van der Waals surface area contributed by atoms with Crippen LogP contribution in [0, 0.1) is 21.4 Å². The normalized spacial score (nSPS) is 14.0. The lowest BCUT2D eigenvalue weighted by Gasteiger charge is -2.09. The van der Waals surface area contributed by atoms with Crippen LogP contribution < -0.4 is 9.47 Å². The predicted octanol–water partition coefficient (Wildman–Crippen LogP) is 2.99. The maximum Gasteiger partial charge on any atom is 0.280 e. The van der Waals surface area contributed by atoms with Gasteiger partial charge in [-0.2, -0.15) is 5.26 Å². The summed E-state index contributed by atoms with van der Waals surface area (Å²) in [5.74, 6) is 1.85. The number of aromatic nitrogens is 3. The SMILES string of the molecule is COc1cc(/C=C(\C#N)c2nnc3n2CCCCC3)c([N+](=O)[O-])cc1OC. The second kappa shape index (κ2) is 7.86. The fraction of sp³-hybridized carbons (Fsp3) is 0.389. The lowest BCUT2D eigenvalue weighted by Crippen LogP contribution is -2.05. The van der Waals surface area contributed by atoms with Crippen molar-refractivity contribution in [2.75, 3.05) is 14.2 Å². The molecule has 9 nitrogen and oxygen atoms in total. The Kier molecular flexibility index (Phi) is 5.35. The molecule has 27 heavy (non-hydrogen) atoms. The minimum absolute atomic E-state index is 0.184. The number of nitro benzene ring substituents is 1. The van der Waals surface area contributed by atoms with Gasteiger partial charge in [0.1, 0.15) is 11.9 Å². The van der Waals surface area contributed by atoms with E-state index in [-0.39, 0.29) is 22.6 Å². The summed E-state index contributed by atoms with van der Waals surface area (Å²) in [5.41, 5.74) is 0.266. The second-order valence-corrected chi connectivity index (χ2v) is 6.10. The van der Waals surface area contributed by atoms with Gasteiger partial charge in [0.2, 0.25) is 0 Å². The van der Waals surface area contributed by atoms with Crippen molar-refractivity contribution in [2.45, 2.75) is 32.2 Å². The first kappa shape index (κ1) is 18.4. The molecule has 1 aromatic carbocycles. The molecule has 2 heterocycles. The average molecular weight is 369 g/mol. The highest BCUT2D eigenvalue weighted by Gasteiger charge is 2.22.